The van der Waals surface area contributed by atoms with E-state index in [1.54, 1.807) is 0 Å². The molecule has 0 aliphatic heterocycles. The fourth-order valence-corrected chi connectivity index (χ4v) is 4.70. The number of aliphatic hydroxyl groups is 1. The molecule has 18 heavy (non-hydrogen) atoms. The average molecular weight is 270 g/mol. The Bertz CT molecular complexity index is 321. The van der Waals surface area contributed by atoms with Crippen molar-refractivity contribution in [2.45, 2.75) is 71.2 Å². The first kappa shape index (κ1) is 14.5. The molecule has 2 saturated carbocycles. The molecule has 0 aromatic heterocycles. The van der Waals surface area contributed by atoms with Crippen molar-refractivity contribution in [3.05, 3.63) is 0 Å². The van der Waals surface area contributed by atoms with Crippen LogP contribution in [-0.2, 0) is 4.43 Å². The Labute approximate surface area is 113 Å². The van der Waals surface area contributed by atoms with Crippen molar-refractivity contribution in [3.63, 3.8) is 0 Å². The number of hydrogen-bond donors (Lipinski definition) is 1. The molecule has 2 nitrogen and oxygen atoms in total. The topological polar surface area (TPSA) is 29.5 Å². The van der Waals surface area contributed by atoms with Crippen LogP contribution in [0.1, 0.15) is 47.0 Å². The highest BCUT2D eigenvalue weighted by molar-refractivity contribution is 6.74. The summed E-state index contributed by atoms with van der Waals surface area (Å²) in [5.41, 5.74) is 0.220. The summed E-state index contributed by atoms with van der Waals surface area (Å²) in [5.74, 6) is 1.23. The molecule has 2 aliphatic rings. The van der Waals surface area contributed by atoms with Crippen molar-refractivity contribution < 1.29 is 9.53 Å². The van der Waals surface area contributed by atoms with Crippen LogP contribution < -0.4 is 0 Å². The predicted octanol–water partition coefficient (Wildman–Crippen LogP) is 3.81. The van der Waals surface area contributed by atoms with Crippen molar-refractivity contribution >= 4 is 8.32 Å². The monoisotopic (exact) mass is 270 g/mol. The van der Waals surface area contributed by atoms with Gasteiger partial charge in [0.25, 0.3) is 0 Å². The summed E-state index contributed by atoms with van der Waals surface area (Å²) in [4.78, 5) is 0. The molecule has 2 fully saturated rings. The van der Waals surface area contributed by atoms with Gasteiger partial charge in [-0.25, -0.2) is 0 Å². The van der Waals surface area contributed by atoms with E-state index in [0.717, 1.165) is 18.9 Å². The van der Waals surface area contributed by atoms with Crippen LogP contribution in [0, 0.1) is 17.3 Å². The number of fused-ring (bicyclic) bond motifs is 2. The molecular formula is C15H30O2Si. The standard InChI is InChI=1S/C15H30O2Si/c1-14(2,3)18(5,6)17-10-15(4)9-11-7-12(15)13(16)8-11/h11-13,16H,7-10H2,1-6H3/t11-,12+,13+,15-/m0/s1. The molecule has 2 bridgehead atoms. The second-order valence-corrected chi connectivity index (χ2v) is 13.2. The second-order valence-electron chi connectivity index (χ2n) is 8.42. The molecule has 106 valence electrons. The first-order valence-electron chi connectivity index (χ1n) is 7.37. The van der Waals surface area contributed by atoms with Crippen LogP contribution in [0.25, 0.3) is 0 Å². The molecule has 0 saturated heterocycles. The molecule has 3 heteroatoms. The van der Waals surface area contributed by atoms with E-state index in [1.165, 1.54) is 12.8 Å². The minimum atomic E-state index is -1.65. The summed E-state index contributed by atoms with van der Waals surface area (Å²) in [6.07, 6.45) is 3.43. The molecule has 0 heterocycles. The maximum absolute atomic E-state index is 10.1. The molecule has 2 aliphatic carbocycles. The fourth-order valence-electron chi connectivity index (χ4n) is 3.57. The first-order chi connectivity index (χ1) is 8.05. The zero-order valence-electron chi connectivity index (χ0n) is 12.9. The van der Waals surface area contributed by atoms with E-state index in [2.05, 4.69) is 40.8 Å². The van der Waals surface area contributed by atoms with Crippen LogP contribution in [0.3, 0.4) is 0 Å². The molecule has 0 spiro atoms. The van der Waals surface area contributed by atoms with E-state index >= 15 is 0 Å². The minimum absolute atomic E-state index is 0.0724. The number of hydrogen-bond acceptors (Lipinski definition) is 2. The Hall–Kier alpha value is 0.137. The minimum Gasteiger partial charge on any atom is -0.416 e. The summed E-state index contributed by atoms with van der Waals surface area (Å²) in [7, 11) is -1.65. The lowest BCUT2D eigenvalue weighted by molar-refractivity contribution is 0.00181. The second kappa shape index (κ2) is 4.32. The lowest BCUT2D eigenvalue weighted by Gasteiger charge is -2.42. The molecule has 0 amide bonds. The van der Waals surface area contributed by atoms with Crippen LogP contribution in [0.2, 0.25) is 18.1 Å². The molecular weight excluding hydrogens is 240 g/mol. The van der Waals surface area contributed by atoms with Crippen LogP contribution in [-0.4, -0.2) is 26.1 Å². The Morgan fingerprint density at radius 1 is 1.28 bits per heavy atom. The SMILES string of the molecule is CC(C)(C)[Si](C)(C)OC[C@]1(C)C[C@@H]2C[C@@H](O)[C@H]1C2. The molecule has 1 N–H and O–H groups in total. The van der Waals surface area contributed by atoms with Gasteiger partial charge in [-0.15, -0.1) is 0 Å². The van der Waals surface area contributed by atoms with E-state index in [-0.39, 0.29) is 16.6 Å². The van der Waals surface area contributed by atoms with Gasteiger partial charge in [0.2, 0.25) is 0 Å². The van der Waals surface area contributed by atoms with Crippen LogP contribution >= 0.6 is 0 Å². The number of rotatable bonds is 3. The fraction of sp³-hybridized carbons (Fsp3) is 1.00. The summed E-state index contributed by atoms with van der Waals surface area (Å²) in [5, 5.41) is 10.4. The maximum atomic E-state index is 10.1. The molecule has 2 rings (SSSR count). The van der Waals surface area contributed by atoms with Gasteiger partial charge in [-0.3, -0.25) is 0 Å². The summed E-state index contributed by atoms with van der Waals surface area (Å²) < 4.78 is 6.41. The summed E-state index contributed by atoms with van der Waals surface area (Å²) in [6, 6.07) is 0. The zero-order chi connectivity index (χ0) is 13.8. The lowest BCUT2D eigenvalue weighted by Crippen LogP contribution is -2.46. The largest absolute Gasteiger partial charge is 0.416 e. The molecule has 4 atom stereocenters. The number of aliphatic hydroxyl groups excluding tert-OH is 1. The Kier molecular flexibility index (Phi) is 3.49. The third-order valence-electron chi connectivity index (χ3n) is 5.85. The third kappa shape index (κ3) is 2.41. The maximum Gasteiger partial charge on any atom is 0.192 e. The third-order valence-corrected chi connectivity index (χ3v) is 10.3. The van der Waals surface area contributed by atoms with Crippen molar-refractivity contribution in [1.29, 1.82) is 0 Å². The molecule has 0 aromatic rings. The molecule has 0 radical (unpaired) electrons. The Balaban J connectivity index is 1.99. The van der Waals surface area contributed by atoms with Gasteiger partial charge in [-0.2, -0.15) is 0 Å². The van der Waals surface area contributed by atoms with Gasteiger partial charge in [0.05, 0.1) is 6.10 Å². The summed E-state index contributed by atoms with van der Waals surface area (Å²) in [6.45, 7) is 14.7. The van der Waals surface area contributed by atoms with E-state index in [9.17, 15) is 5.11 Å². The van der Waals surface area contributed by atoms with E-state index in [4.69, 9.17) is 4.43 Å². The van der Waals surface area contributed by atoms with Gasteiger partial charge in [0.1, 0.15) is 0 Å². The van der Waals surface area contributed by atoms with Gasteiger partial charge in [-0.1, -0.05) is 27.7 Å². The van der Waals surface area contributed by atoms with E-state index in [1.807, 2.05) is 0 Å². The van der Waals surface area contributed by atoms with Crippen LogP contribution in [0.4, 0.5) is 0 Å². The van der Waals surface area contributed by atoms with Crippen LogP contribution in [0.5, 0.6) is 0 Å². The van der Waals surface area contributed by atoms with Crippen molar-refractivity contribution in [1.82, 2.24) is 0 Å². The highest BCUT2D eigenvalue weighted by atomic mass is 28.4. The van der Waals surface area contributed by atoms with Gasteiger partial charge in [0, 0.05) is 6.61 Å². The quantitative estimate of drug-likeness (QED) is 0.790. The lowest BCUT2D eigenvalue weighted by atomic mass is 9.74. The molecule has 0 aromatic carbocycles. The van der Waals surface area contributed by atoms with Crippen molar-refractivity contribution in [2.24, 2.45) is 17.3 Å². The average Bonchev–Trinajstić information content (AvgIpc) is 2.69. The van der Waals surface area contributed by atoms with Gasteiger partial charge in [0.15, 0.2) is 8.32 Å². The normalized spacial score (nSPS) is 40.5. The van der Waals surface area contributed by atoms with Crippen molar-refractivity contribution in [3.8, 4) is 0 Å². The summed E-state index contributed by atoms with van der Waals surface area (Å²) >= 11 is 0. The van der Waals surface area contributed by atoms with Gasteiger partial charge in [-0.05, 0) is 54.6 Å². The van der Waals surface area contributed by atoms with Crippen molar-refractivity contribution in [2.75, 3.05) is 6.61 Å². The Morgan fingerprint density at radius 2 is 1.89 bits per heavy atom. The van der Waals surface area contributed by atoms with E-state index < -0.39 is 8.32 Å². The van der Waals surface area contributed by atoms with Gasteiger partial charge >= 0.3 is 0 Å². The van der Waals surface area contributed by atoms with Crippen LogP contribution in [0.15, 0.2) is 0 Å². The molecule has 0 unspecified atom stereocenters. The highest BCUT2D eigenvalue weighted by Crippen LogP contribution is 2.56. The van der Waals surface area contributed by atoms with E-state index in [0.29, 0.717) is 5.92 Å². The smallest absolute Gasteiger partial charge is 0.192 e. The Morgan fingerprint density at radius 3 is 2.33 bits per heavy atom. The predicted molar refractivity (Wildman–Crippen MR) is 78.1 cm³/mol. The highest BCUT2D eigenvalue weighted by Gasteiger charge is 2.53. The first-order valence-corrected chi connectivity index (χ1v) is 10.3. The zero-order valence-corrected chi connectivity index (χ0v) is 13.9. The van der Waals surface area contributed by atoms with Gasteiger partial charge < -0.3 is 9.53 Å².